The molecule has 1 amide bonds. The van der Waals surface area contributed by atoms with Crippen molar-refractivity contribution in [3.05, 3.63) is 23.8 Å². The van der Waals surface area contributed by atoms with Crippen LogP contribution in [0.4, 0.5) is 0 Å². The monoisotopic (exact) mass is 401 g/mol. The Morgan fingerprint density at radius 2 is 1.79 bits per heavy atom. The van der Waals surface area contributed by atoms with Crippen molar-refractivity contribution >= 4 is 5.91 Å². The molecule has 1 N–H and O–H groups in total. The highest BCUT2D eigenvalue weighted by Gasteiger charge is 2.33. The summed E-state index contributed by atoms with van der Waals surface area (Å²) in [5, 5.41) is 0. The van der Waals surface area contributed by atoms with Gasteiger partial charge in [-0.05, 0) is 37.5 Å². The summed E-state index contributed by atoms with van der Waals surface area (Å²) in [7, 11) is 0. The number of carbonyl (C=O) groups excluding carboxylic acids is 1. The highest BCUT2D eigenvalue weighted by atomic mass is 16.6. The van der Waals surface area contributed by atoms with E-state index in [0.29, 0.717) is 31.7 Å². The van der Waals surface area contributed by atoms with Gasteiger partial charge in [-0.1, -0.05) is 31.7 Å². The molecule has 2 aliphatic heterocycles. The second-order valence-electron chi connectivity index (χ2n) is 8.99. The molecule has 0 aromatic heterocycles. The fraction of sp³-hybridized carbons (Fsp3) is 0.708. The number of quaternary nitrogens is 1. The first-order chi connectivity index (χ1) is 14.2. The maximum absolute atomic E-state index is 13.6. The SMILES string of the molecule is CC[NH+]1CCC[C@@H]1CN(Cc1ccc2c(c1)OCCO2)C(=O)C1CCCCCC1. The van der Waals surface area contributed by atoms with Crippen molar-refractivity contribution in [2.45, 2.75) is 70.9 Å². The number of carbonyl (C=O) groups is 1. The molecule has 1 aromatic rings. The van der Waals surface area contributed by atoms with E-state index in [1.165, 1.54) is 45.1 Å². The van der Waals surface area contributed by atoms with Gasteiger partial charge in [0.25, 0.3) is 0 Å². The quantitative estimate of drug-likeness (QED) is 0.746. The van der Waals surface area contributed by atoms with E-state index >= 15 is 0 Å². The number of benzene rings is 1. The smallest absolute Gasteiger partial charge is 0.226 e. The van der Waals surface area contributed by atoms with Crippen molar-refractivity contribution in [2.24, 2.45) is 5.92 Å². The first kappa shape index (κ1) is 20.5. The van der Waals surface area contributed by atoms with Crippen molar-refractivity contribution in [3.8, 4) is 11.5 Å². The first-order valence-corrected chi connectivity index (χ1v) is 11.8. The van der Waals surface area contributed by atoms with Crippen LogP contribution < -0.4 is 14.4 Å². The lowest BCUT2D eigenvalue weighted by molar-refractivity contribution is -0.909. The normalized spacial score (nSPS) is 24.9. The van der Waals surface area contributed by atoms with E-state index in [4.69, 9.17) is 9.47 Å². The lowest BCUT2D eigenvalue weighted by Crippen LogP contribution is -3.14. The van der Waals surface area contributed by atoms with Gasteiger partial charge in [0.2, 0.25) is 5.91 Å². The molecule has 5 heteroatoms. The molecule has 1 aliphatic carbocycles. The third-order valence-corrected chi connectivity index (χ3v) is 7.02. The van der Waals surface area contributed by atoms with Crippen LogP contribution in [-0.4, -0.2) is 49.7 Å². The van der Waals surface area contributed by atoms with Gasteiger partial charge in [0.05, 0.1) is 19.6 Å². The third-order valence-electron chi connectivity index (χ3n) is 7.02. The second kappa shape index (κ2) is 9.84. The van der Waals surface area contributed by atoms with E-state index < -0.39 is 0 Å². The largest absolute Gasteiger partial charge is 0.486 e. The average molecular weight is 402 g/mol. The van der Waals surface area contributed by atoms with E-state index in [1.54, 1.807) is 4.90 Å². The van der Waals surface area contributed by atoms with Gasteiger partial charge in [-0.15, -0.1) is 0 Å². The molecule has 0 spiro atoms. The topological polar surface area (TPSA) is 43.2 Å². The molecule has 2 fully saturated rings. The molecular formula is C24H37N2O3+. The Morgan fingerprint density at radius 1 is 1.03 bits per heavy atom. The van der Waals surface area contributed by atoms with Gasteiger partial charge >= 0.3 is 0 Å². The number of hydrogen-bond donors (Lipinski definition) is 1. The van der Waals surface area contributed by atoms with Crippen molar-refractivity contribution in [2.75, 3.05) is 32.8 Å². The fourth-order valence-electron chi connectivity index (χ4n) is 5.36. The molecule has 2 heterocycles. The molecule has 0 bridgehead atoms. The zero-order valence-electron chi connectivity index (χ0n) is 18.0. The van der Waals surface area contributed by atoms with Crippen molar-refractivity contribution in [1.29, 1.82) is 0 Å². The van der Waals surface area contributed by atoms with E-state index in [-0.39, 0.29) is 5.92 Å². The Bertz CT molecular complexity index is 685. The van der Waals surface area contributed by atoms with Gasteiger partial charge in [-0.2, -0.15) is 0 Å². The van der Waals surface area contributed by atoms with Crippen LogP contribution in [0.5, 0.6) is 11.5 Å². The Morgan fingerprint density at radius 3 is 2.55 bits per heavy atom. The van der Waals surface area contributed by atoms with Gasteiger partial charge in [-0.25, -0.2) is 0 Å². The maximum Gasteiger partial charge on any atom is 0.226 e. The summed E-state index contributed by atoms with van der Waals surface area (Å²) in [6.07, 6.45) is 9.60. The van der Waals surface area contributed by atoms with Crippen molar-refractivity contribution in [3.63, 3.8) is 0 Å². The molecule has 3 aliphatic rings. The lowest BCUT2D eigenvalue weighted by Gasteiger charge is -2.31. The van der Waals surface area contributed by atoms with Gasteiger partial charge in [0, 0.05) is 25.3 Å². The zero-order valence-corrected chi connectivity index (χ0v) is 18.0. The molecule has 1 unspecified atom stereocenters. The van der Waals surface area contributed by atoms with Gasteiger partial charge in [0.15, 0.2) is 11.5 Å². The molecule has 5 nitrogen and oxygen atoms in total. The summed E-state index contributed by atoms with van der Waals surface area (Å²) in [6, 6.07) is 6.74. The van der Waals surface area contributed by atoms with Crippen molar-refractivity contribution in [1.82, 2.24) is 4.90 Å². The Kier molecular flexibility index (Phi) is 6.96. The second-order valence-corrected chi connectivity index (χ2v) is 8.99. The van der Waals surface area contributed by atoms with Crippen LogP contribution in [0.3, 0.4) is 0 Å². The summed E-state index contributed by atoms with van der Waals surface area (Å²) in [5.74, 6) is 2.22. The summed E-state index contributed by atoms with van der Waals surface area (Å²) >= 11 is 0. The van der Waals surface area contributed by atoms with Crippen LogP contribution >= 0.6 is 0 Å². The molecule has 1 aromatic carbocycles. The molecule has 1 saturated carbocycles. The molecule has 1 saturated heterocycles. The number of fused-ring (bicyclic) bond motifs is 1. The molecule has 29 heavy (non-hydrogen) atoms. The van der Waals surface area contributed by atoms with E-state index in [9.17, 15) is 4.79 Å². The number of amides is 1. The Hall–Kier alpha value is -1.75. The number of ether oxygens (including phenoxy) is 2. The average Bonchev–Trinajstić information content (AvgIpc) is 3.02. The molecule has 2 atom stereocenters. The van der Waals surface area contributed by atoms with Gasteiger partial charge in [-0.3, -0.25) is 4.79 Å². The van der Waals surface area contributed by atoms with Crippen LogP contribution in [0.15, 0.2) is 18.2 Å². The van der Waals surface area contributed by atoms with Crippen molar-refractivity contribution < 1.29 is 19.2 Å². The highest BCUT2D eigenvalue weighted by molar-refractivity contribution is 5.79. The molecule has 160 valence electrons. The predicted octanol–water partition coefficient (Wildman–Crippen LogP) is 2.82. The van der Waals surface area contributed by atoms with E-state index in [1.807, 2.05) is 6.07 Å². The summed E-state index contributed by atoms with van der Waals surface area (Å²) in [5.41, 5.74) is 1.15. The zero-order chi connectivity index (χ0) is 20.1. The lowest BCUT2D eigenvalue weighted by atomic mass is 9.97. The summed E-state index contributed by atoms with van der Waals surface area (Å²) < 4.78 is 11.4. The third kappa shape index (κ3) is 5.06. The number of hydrogen-bond acceptors (Lipinski definition) is 3. The Labute approximate surface area is 175 Å². The Balaban J connectivity index is 1.51. The predicted molar refractivity (Wildman–Crippen MR) is 113 cm³/mol. The minimum atomic E-state index is 0.209. The summed E-state index contributed by atoms with van der Waals surface area (Å²) in [6.45, 7) is 7.43. The minimum absolute atomic E-state index is 0.209. The van der Waals surface area contributed by atoms with Gasteiger partial charge in [0.1, 0.15) is 19.3 Å². The highest BCUT2D eigenvalue weighted by Crippen LogP contribution is 2.32. The molecule has 0 radical (unpaired) electrons. The van der Waals surface area contributed by atoms with Gasteiger partial charge < -0.3 is 19.3 Å². The number of nitrogens with one attached hydrogen (secondary N) is 1. The number of likely N-dealkylation sites (tertiary alicyclic amines) is 1. The van der Waals surface area contributed by atoms with Crippen LogP contribution in [0.25, 0.3) is 0 Å². The molecule has 4 rings (SSSR count). The first-order valence-electron chi connectivity index (χ1n) is 11.8. The van der Waals surface area contributed by atoms with Crippen LogP contribution in [0.2, 0.25) is 0 Å². The standard InChI is InChI=1S/C24H36N2O3/c1-2-25-13-7-10-21(25)18-26(24(27)20-8-5-3-4-6-9-20)17-19-11-12-22-23(16-19)29-15-14-28-22/h11-12,16,20-21H,2-10,13-15,17-18H2,1H3/p+1/t21-/m1/s1. The fourth-order valence-corrected chi connectivity index (χ4v) is 5.36. The number of rotatable bonds is 6. The van der Waals surface area contributed by atoms with Crippen LogP contribution in [0, 0.1) is 5.92 Å². The van der Waals surface area contributed by atoms with Crippen LogP contribution in [-0.2, 0) is 11.3 Å². The maximum atomic E-state index is 13.6. The summed E-state index contributed by atoms with van der Waals surface area (Å²) in [4.78, 5) is 17.4. The molecular weight excluding hydrogens is 364 g/mol. The van der Waals surface area contributed by atoms with E-state index in [2.05, 4.69) is 24.0 Å². The minimum Gasteiger partial charge on any atom is -0.486 e. The van der Waals surface area contributed by atoms with E-state index in [0.717, 1.165) is 43.0 Å². The number of nitrogens with zero attached hydrogens (tertiary/aromatic N) is 1. The van der Waals surface area contributed by atoms with Crippen LogP contribution in [0.1, 0.15) is 63.9 Å². The number of likely N-dealkylation sites (N-methyl/N-ethyl adjacent to an activating group) is 1.